The molecule has 298 valence electrons. The van der Waals surface area contributed by atoms with Crippen LogP contribution in [0, 0.1) is 23.7 Å². The van der Waals surface area contributed by atoms with Gasteiger partial charge in [0.25, 0.3) is 0 Å². The molecule has 0 saturated heterocycles. The maximum Gasteiger partial charge on any atom is 0.239 e. The van der Waals surface area contributed by atoms with E-state index in [-0.39, 0.29) is 55.3 Å². The number of rotatable bonds is 19. The minimum atomic E-state index is -1.25. The van der Waals surface area contributed by atoms with Gasteiger partial charge in [0.15, 0.2) is 0 Å². The second kappa shape index (κ2) is 18.4. The Morgan fingerprint density at radius 2 is 1.73 bits per heavy atom. The van der Waals surface area contributed by atoms with Gasteiger partial charge >= 0.3 is 0 Å². The van der Waals surface area contributed by atoms with Gasteiger partial charge < -0.3 is 34.2 Å². The molecule has 0 spiro atoms. The average molecular weight is 781 g/mol. The lowest BCUT2D eigenvalue weighted by Gasteiger charge is -2.59. The summed E-state index contributed by atoms with van der Waals surface area (Å²) in [5.74, 6) is 0.801. The molecule has 0 bridgehead atoms. The molecule has 0 radical (unpaired) electrons. The lowest BCUT2D eigenvalue weighted by molar-refractivity contribution is -0.255. The summed E-state index contributed by atoms with van der Waals surface area (Å²) in [6.07, 6.45) is 13.2. The van der Waals surface area contributed by atoms with Gasteiger partial charge in [-0.3, -0.25) is 4.79 Å². The fourth-order valence-electron chi connectivity index (χ4n) is 9.10. The number of likely N-dealkylation sites (N-methyl/N-ethyl adjacent to an activating group) is 1. The van der Waals surface area contributed by atoms with Gasteiger partial charge in [0.1, 0.15) is 29.9 Å². The number of allylic oxidation sites excluding steroid dienone is 1. The molecule has 0 unspecified atom stereocenters. The van der Waals surface area contributed by atoms with Gasteiger partial charge in [-0.05, 0) is 110 Å². The molecule has 56 heavy (non-hydrogen) atoms. The van der Waals surface area contributed by atoms with Crippen LogP contribution in [-0.2, 0) is 21.0 Å². The summed E-state index contributed by atoms with van der Waals surface area (Å²) in [7, 11) is 1.88. The molecule has 2 N–H and O–H groups in total. The van der Waals surface area contributed by atoms with Gasteiger partial charge in [0, 0.05) is 49.0 Å². The molecule has 1 aliphatic heterocycles. The zero-order valence-corrected chi connectivity index (χ0v) is 33.5. The van der Waals surface area contributed by atoms with Crippen molar-refractivity contribution in [2.24, 2.45) is 28.8 Å². The maximum atomic E-state index is 14.0. The monoisotopic (exact) mass is 780 g/mol. The van der Waals surface area contributed by atoms with Crippen LogP contribution in [0.5, 0.6) is 17.2 Å². The third-order valence-corrected chi connectivity index (χ3v) is 12.7. The molecule has 7 rings (SSSR count). The van der Waals surface area contributed by atoms with Crippen molar-refractivity contribution >= 4 is 23.4 Å². The number of thioether (sulfide) groups is 1. The van der Waals surface area contributed by atoms with Gasteiger partial charge in [0.2, 0.25) is 11.7 Å². The predicted octanol–water partition coefficient (Wildman–Crippen LogP) is 8.90. The number of carbonyl (C=O) groups is 1. The van der Waals surface area contributed by atoms with Crippen molar-refractivity contribution in [1.82, 2.24) is 4.90 Å². The normalized spacial score (nSPS) is 25.7. The molecule has 6 atom stereocenters. The number of oxime groups is 1. The number of hydrogen-bond acceptors (Lipinski definition) is 9. The second-order valence-corrected chi connectivity index (χ2v) is 16.4. The van der Waals surface area contributed by atoms with Crippen LogP contribution in [-0.4, -0.2) is 71.7 Å². The third kappa shape index (κ3) is 8.59. The Labute approximate surface area is 335 Å². The first-order valence-corrected chi connectivity index (χ1v) is 21.5. The van der Waals surface area contributed by atoms with Crippen molar-refractivity contribution in [1.29, 1.82) is 0 Å². The van der Waals surface area contributed by atoms with E-state index in [4.69, 9.17) is 24.2 Å². The molecule has 2 fully saturated rings. The van der Waals surface area contributed by atoms with Gasteiger partial charge in [-0.1, -0.05) is 60.5 Å². The van der Waals surface area contributed by atoms with E-state index < -0.39 is 11.8 Å². The number of amides is 1. The van der Waals surface area contributed by atoms with Crippen LogP contribution in [0.25, 0.3) is 0 Å². The summed E-state index contributed by atoms with van der Waals surface area (Å²) in [6.45, 7) is 4.83. The van der Waals surface area contributed by atoms with E-state index in [0.717, 1.165) is 71.6 Å². The van der Waals surface area contributed by atoms with E-state index in [1.165, 1.54) is 0 Å². The van der Waals surface area contributed by atoms with Crippen molar-refractivity contribution < 1.29 is 34.1 Å². The number of nitrogens with zero attached hydrogens (tertiary/aromatic N) is 2. The molecule has 10 heteroatoms. The number of fused-ring (bicyclic) bond motifs is 2. The van der Waals surface area contributed by atoms with E-state index in [0.29, 0.717) is 37.4 Å². The molecule has 0 aromatic heterocycles. The average Bonchev–Trinajstić information content (AvgIpc) is 4.08. The van der Waals surface area contributed by atoms with Crippen molar-refractivity contribution in [3.05, 3.63) is 108 Å². The zero-order chi connectivity index (χ0) is 39.1. The highest BCUT2D eigenvalue weighted by Gasteiger charge is 2.65. The maximum absolute atomic E-state index is 14.0. The van der Waals surface area contributed by atoms with E-state index in [9.17, 15) is 15.0 Å². The first-order chi connectivity index (χ1) is 27.4. The summed E-state index contributed by atoms with van der Waals surface area (Å²) in [5, 5.41) is 24.7. The van der Waals surface area contributed by atoms with E-state index in [1.54, 1.807) is 17.8 Å². The van der Waals surface area contributed by atoms with E-state index in [1.807, 2.05) is 66.5 Å². The Balaban J connectivity index is 1.39. The van der Waals surface area contributed by atoms with Crippen LogP contribution in [0.1, 0.15) is 74.8 Å². The summed E-state index contributed by atoms with van der Waals surface area (Å²) in [5.41, 5.74) is 3.86. The summed E-state index contributed by atoms with van der Waals surface area (Å²) in [4.78, 5) is 23.2. The lowest BCUT2D eigenvalue weighted by Crippen LogP contribution is -2.69. The van der Waals surface area contributed by atoms with Crippen LogP contribution in [0.15, 0.2) is 107 Å². The molecule has 1 amide bonds. The number of aliphatic hydroxyl groups excluding tert-OH is 2. The summed E-state index contributed by atoms with van der Waals surface area (Å²) < 4.78 is 20.8. The number of unbranched alkanes of at least 4 members (excludes halogenated alkanes) is 2. The molecule has 3 aliphatic carbocycles. The summed E-state index contributed by atoms with van der Waals surface area (Å²) in [6, 6.07) is 23.6. The Morgan fingerprint density at radius 3 is 2.43 bits per heavy atom. The Kier molecular flexibility index (Phi) is 13.2. The number of ether oxygens (including phenoxy) is 3. The highest BCUT2D eigenvalue weighted by Crippen LogP contribution is 2.62. The molecule has 3 aromatic rings. The van der Waals surface area contributed by atoms with E-state index in [2.05, 4.69) is 37.1 Å². The van der Waals surface area contributed by atoms with Crippen molar-refractivity contribution in [3.63, 3.8) is 0 Å². The Hall–Kier alpha value is -4.09. The molecule has 3 aromatic carbocycles. The fourth-order valence-corrected chi connectivity index (χ4v) is 9.51. The minimum absolute atomic E-state index is 0.00651. The summed E-state index contributed by atoms with van der Waals surface area (Å²) >= 11 is 1.69. The van der Waals surface area contributed by atoms with Crippen molar-refractivity contribution in [3.8, 4) is 17.2 Å². The second-order valence-electron chi connectivity index (χ2n) is 15.5. The van der Waals surface area contributed by atoms with Gasteiger partial charge in [0.05, 0.1) is 18.2 Å². The highest BCUT2D eigenvalue weighted by molar-refractivity contribution is 7.98. The molecular formula is C46H56N2O7S. The van der Waals surface area contributed by atoms with Gasteiger partial charge in [-0.25, -0.2) is 0 Å². The largest absolute Gasteiger partial charge is 0.459 e. The quantitative estimate of drug-likeness (QED) is 0.0538. The lowest BCUT2D eigenvalue weighted by atomic mass is 9.55. The highest BCUT2D eigenvalue weighted by atomic mass is 32.2. The molecular weight excluding hydrogens is 725 g/mol. The molecule has 2 saturated carbocycles. The van der Waals surface area contributed by atoms with E-state index >= 15 is 0 Å². The fraction of sp³-hybridized carbons (Fsp3) is 0.478. The zero-order valence-electron chi connectivity index (χ0n) is 32.7. The van der Waals surface area contributed by atoms with Gasteiger partial charge in [-0.2, -0.15) is 0 Å². The van der Waals surface area contributed by atoms with Crippen molar-refractivity contribution in [2.45, 2.75) is 87.0 Å². The molecule has 4 aliphatic rings. The Bertz CT molecular complexity index is 1860. The Morgan fingerprint density at radius 1 is 1.00 bits per heavy atom. The standard InChI is InChI=1S/C46H56N2O7S/c1-4-26-52-46-42(48(2)45(51)32-16-17-32)29-40(47-53-30-31-12-6-5-7-13-31)38-27-33(14-8-10-24-49)37(15-9-11-25-50)43(44(38)46)39-28-35(20-23-41(39)55-46)54-34-18-21-36(56-3)22-19-34/h4-7,12-13,18-23,27-28,32-33,37,42-44,49-50H,1,8-11,14-17,24-26,29-30H2,2-3H3/t33-,37+,42-,43+,44+,46+/m0/s1. The molecule has 1 heterocycles. The predicted molar refractivity (Wildman–Crippen MR) is 220 cm³/mol. The molecule has 9 nitrogen and oxygen atoms in total. The topological polar surface area (TPSA) is 110 Å². The first-order valence-electron chi connectivity index (χ1n) is 20.2. The van der Waals surface area contributed by atoms with Crippen LogP contribution in [0.2, 0.25) is 0 Å². The smallest absolute Gasteiger partial charge is 0.239 e. The third-order valence-electron chi connectivity index (χ3n) is 11.9. The van der Waals surface area contributed by atoms with Gasteiger partial charge in [-0.15, -0.1) is 18.3 Å². The van der Waals surface area contributed by atoms with Crippen LogP contribution < -0.4 is 9.47 Å². The number of aliphatic hydroxyl groups is 2. The number of carbonyl (C=O) groups excluding carboxylic acids is 1. The first kappa shape index (κ1) is 40.1. The van der Waals surface area contributed by atoms with Crippen molar-refractivity contribution in [2.75, 3.05) is 33.1 Å². The number of hydrogen-bond donors (Lipinski definition) is 2. The van der Waals surface area contributed by atoms with Crippen LogP contribution >= 0.6 is 11.8 Å². The van der Waals surface area contributed by atoms with Crippen LogP contribution in [0.3, 0.4) is 0 Å². The number of benzene rings is 3. The SMILES string of the molecule is C=CCO[C@@]12Oc3ccc(Oc4ccc(SC)cc4)cc3[C@H]3[C@H](CCCCO)[C@@H](CCCCO)C=C(C(=NOCc4ccccc4)C[C@@H]1N(C)C(=O)C1CC1)[C@H]32. The van der Waals surface area contributed by atoms with Crippen LogP contribution in [0.4, 0.5) is 0 Å². The minimum Gasteiger partial charge on any atom is -0.459 e.